The van der Waals surface area contributed by atoms with Crippen LogP contribution in [0.5, 0.6) is 5.75 Å². The first-order valence-corrected chi connectivity index (χ1v) is 9.42. The predicted octanol–water partition coefficient (Wildman–Crippen LogP) is 2.53. The molecule has 1 aromatic carbocycles. The van der Waals surface area contributed by atoms with Crippen LogP contribution in [0.3, 0.4) is 0 Å². The fourth-order valence-electron chi connectivity index (χ4n) is 3.86. The predicted molar refractivity (Wildman–Crippen MR) is 94.7 cm³/mol. The summed E-state index contributed by atoms with van der Waals surface area (Å²) in [6, 6.07) is 6.30. The molecule has 0 bridgehead atoms. The fraction of sp³-hybridized carbons (Fsp3) is 0.611. The lowest BCUT2D eigenvalue weighted by Gasteiger charge is -2.40. The lowest BCUT2D eigenvalue weighted by Crippen LogP contribution is -2.49. The van der Waals surface area contributed by atoms with Crippen LogP contribution in [-0.2, 0) is 17.8 Å². The zero-order valence-electron chi connectivity index (χ0n) is 14.3. The molecule has 2 N–H and O–H groups in total. The van der Waals surface area contributed by atoms with Gasteiger partial charge in [0.05, 0.1) is 13.2 Å². The number of hydrogen-bond donors (Lipinski definition) is 2. The summed E-state index contributed by atoms with van der Waals surface area (Å²) in [4.78, 5) is 0. The van der Waals surface area contributed by atoms with Crippen LogP contribution in [0, 0.1) is 12.3 Å². The number of methoxy groups -OCH3 is 1. The number of piperidine rings is 1. The first-order chi connectivity index (χ1) is 10.9. The lowest BCUT2D eigenvalue weighted by atomic mass is 9.73. The van der Waals surface area contributed by atoms with E-state index in [1.54, 1.807) is 7.11 Å². The largest absolute Gasteiger partial charge is 0.598 e. The SMILES string of the molecule is [CH2]C(C)(C)[S+]([O-])N[C@@H]1c2cccc(OC)c2CC12CCNCC2. The van der Waals surface area contributed by atoms with Crippen LogP contribution < -0.4 is 14.8 Å². The summed E-state index contributed by atoms with van der Waals surface area (Å²) in [5.74, 6) is 0.948. The number of rotatable bonds is 4. The highest BCUT2D eigenvalue weighted by molar-refractivity contribution is 7.90. The van der Waals surface area contributed by atoms with Gasteiger partial charge >= 0.3 is 0 Å². The monoisotopic (exact) mass is 335 g/mol. The van der Waals surface area contributed by atoms with E-state index in [0.717, 1.165) is 38.1 Å². The van der Waals surface area contributed by atoms with E-state index in [0.29, 0.717) is 0 Å². The molecule has 1 radical (unpaired) electrons. The normalized spacial score (nSPS) is 24.5. The maximum Gasteiger partial charge on any atom is 0.139 e. The van der Waals surface area contributed by atoms with Gasteiger partial charge in [0.1, 0.15) is 10.5 Å². The van der Waals surface area contributed by atoms with Gasteiger partial charge in [-0.25, -0.2) is 0 Å². The van der Waals surface area contributed by atoms with E-state index in [9.17, 15) is 4.55 Å². The van der Waals surface area contributed by atoms with Gasteiger partial charge in [-0.05, 0) is 63.4 Å². The number of fused-ring (bicyclic) bond motifs is 1. The van der Waals surface area contributed by atoms with E-state index in [4.69, 9.17) is 4.74 Å². The molecule has 1 spiro atoms. The average Bonchev–Trinajstić information content (AvgIpc) is 2.80. The molecule has 4 nitrogen and oxygen atoms in total. The minimum Gasteiger partial charge on any atom is -0.598 e. The summed E-state index contributed by atoms with van der Waals surface area (Å²) in [5, 5.41) is 3.45. The molecule has 5 heteroatoms. The van der Waals surface area contributed by atoms with Gasteiger partial charge in [0.25, 0.3) is 0 Å². The van der Waals surface area contributed by atoms with Crippen molar-refractivity contribution in [3.05, 3.63) is 36.2 Å². The van der Waals surface area contributed by atoms with Gasteiger partial charge in [-0.1, -0.05) is 12.1 Å². The van der Waals surface area contributed by atoms with Crippen molar-refractivity contribution in [2.45, 2.75) is 43.9 Å². The Morgan fingerprint density at radius 1 is 1.39 bits per heavy atom. The Labute approximate surface area is 142 Å². The Bertz CT molecular complexity index is 565. The van der Waals surface area contributed by atoms with Crippen molar-refractivity contribution in [2.75, 3.05) is 20.2 Å². The molecule has 23 heavy (non-hydrogen) atoms. The highest BCUT2D eigenvalue weighted by Gasteiger charge is 2.50. The van der Waals surface area contributed by atoms with Crippen LogP contribution in [0.4, 0.5) is 0 Å². The van der Waals surface area contributed by atoms with Gasteiger partial charge in [0.15, 0.2) is 0 Å². The van der Waals surface area contributed by atoms with E-state index in [1.165, 1.54) is 11.1 Å². The van der Waals surface area contributed by atoms with E-state index in [2.05, 4.69) is 23.0 Å². The molecule has 2 aliphatic rings. The van der Waals surface area contributed by atoms with Crippen LogP contribution >= 0.6 is 0 Å². The Morgan fingerprint density at radius 2 is 2.09 bits per heavy atom. The Kier molecular flexibility index (Phi) is 4.67. The Balaban J connectivity index is 1.98. The molecular weight excluding hydrogens is 308 g/mol. The van der Waals surface area contributed by atoms with Crippen LogP contribution in [-0.4, -0.2) is 29.5 Å². The van der Waals surface area contributed by atoms with Crippen LogP contribution in [0.1, 0.15) is 43.9 Å². The van der Waals surface area contributed by atoms with Crippen LogP contribution in [0.15, 0.2) is 18.2 Å². The minimum absolute atomic E-state index is 0.0940. The summed E-state index contributed by atoms with van der Waals surface area (Å²) in [6.07, 6.45) is 3.15. The first-order valence-electron chi connectivity index (χ1n) is 8.27. The molecule has 2 atom stereocenters. The third kappa shape index (κ3) is 3.12. The minimum atomic E-state index is -1.19. The van der Waals surface area contributed by atoms with Gasteiger partial charge < -0.3 is 14.6 Å². The maximum absolute atomic E-state index is 12.7. The molecule has 0 saturated carbocycles. The summed E-state index contributed by atoms with van der Waals surface area (Å²) in [7, 11) is 1.72. The zero-order chi connectivity index (χ0) is 16.7. The van der Waals surface area contributed by atoms with Crippen molar-refractivity contribution in [1.82, 2.24) is 10.0 Å². The van der Waals surface area contributed by atoms with E-state index in [-0.39, 0.29) is 11.5 Å². The van der Waals surface area contributed by atoms with E-state index in [1.807, 2.05) is 26.0 Å². The van der Waals surface area contributed by atoms with Crippen molar-refractivity contribution >= 4 is 11.4 Å². The maximum atomic E-state index is 12.7. The third-order valence-corrected chi connectivity index (χ3v) is 6.62. The number of ether oxygens (including phenoxy) is 1. The summed E-state index contributed by atoms with van der Waals surface area (Å²) >= 11 is -1.19. The van der Waals surface area contributed by atoms with Crippen molar-refractivity contribution in [3.63, 3.8) is 0 Å². The van der Waals surface area contributed by atoms with Gasteiger partial charge in [-0.2, -0.15) is 0 Å². The van der Waals surface area contributed by atoms with Crippen LogP contribution in [0.25, 0.3) is 0 Å². The third-order valence-electron chi connectivity index (χ3n) is 5.17. The molecule has 3 rings (SSSR count). The zero-order valence-corrected chi connectivity index (χ0v) is 15.1. The molecule has 1 aliphatic heterocycles. The highest BCUT2D eigenvalue weighted by Crippen LogP contribution is 2.53. The molecule has 0 amide bonds. The first kappa shape index (κ1) is 17.1. The van der Waals surface area contributed by atoms with E-state index < -0.39 is 16.1 Å². The summed E-state index contributed by atoms with van der Waals surface area (Å²) < 4.78 is 21.2. The van der Waals surface area contributed by atoms with Gasteiger partial charge in [-0.15, -0.1) is 4.72 Å². The van der Waals surface area contributed by atoms with Crippen LogP contribution in [0.2, 0.25) is 0 Å². The summed E-state index contributed by atoms with van der Waals surface area (Å²) in [6.45, 7) is 9.87. The smallest absolute Gasteiger partial charge is 0.139 e. The van der Waals surface area contributed by atoms with Crippen molar-refractivity contribution in [3.8, 4) is 5.75 Å². The highest BCUT2D eigenvalue weighted by atomic mass is 32.2. The summed E-state index contributed by atoms with van der Waals surface area (Å²) in [5.41, 5.74) is 2.63. The number of benzene rings is 1. The Morgan fingerprint density at radius 3 is 2.70 bits per heavy atom. The average molecular weight is 335 g/mol. The number of nitrogens with one attached hydrogen (secondary N) is 2. The molecule has 1 saturated heterocycles. The molecule has 1 heterocycles. The number of hydrogen-bond acceptors (Lipinski definition) is 4. The van der Waals surface area contributed by atoms with Gasteiger partial charge in [0.2, 0.25) is 0 Å². The second kappa shape index (κ2) is 6.28. The quantitative estimate of drug-likeness (QED) is 0.830. The molecule has 1 aromatic rings. The van der Waals surface area contributed by atoms with Gasteiger partial charge in [-0.3, -0.25) is 0 Å². The molecule has 127 valence electrons. The fourth-order valence-corrected chi connectivity index (χ4v) is 4.77. The standard InChI is InChI=1S/C18H27N2O2S/c1-17(2,3)23(21)20-16-13-6-5-7-15(22-4)14(13)12-18(16)8-10-19-11-9-18/h5-7,16,19-20H,1,8-12H2,2-4H3/t16-,23?/m1/s1. The molecule has 1 aliphatic carbocycles. The van der Waals surface area contributed by atoms with E-state index >= 15 is 0 Å². The molecule has 1 fully saturated rings. The molecular formula is C18H27N2O2S. The molecule has 1 unspecified atom stereocenters. The molecule has 0 aromatic heterocycles. The second-order valence-corrected chi connectivity index (χ2v) is 9.27. The topological polar surface area (TPSA) is 56.3 Å². The van der Waals surface area contributed by atoms with Crippen molar-refractivity contribution in [1.29, 1.82) is 0 Å². The second-order valence-electron chi connectivity index (χ2n) is 7.40. The van der Waals surface area contributed by atoms with Crippen molar-refractivity contribution < 1.29 is 9.29 Å². The lowest BCUT2D eigenvalue weighted by molar-refractivity contribution is 0.163. The van der Waals surface area contributed by atoms with Gasteiger partial charge in [0, 0.05) is 23.7 Å². The Hall–Kier alpha value is -0.750. The van der Waals surface area contributed by atoms with Crippen molar-refractivity contribution in [2.24, 2.45) is 5.41 Å².